The van der Waals surface area contributed by atoms with Crippen LogP contribution in [0.2, 0.25) is 0 Å². The smallest absolute Gasteiger partial charge is 0.297 e. The van der Waals surface area contributed by atoms with Crippen molar-refractivity contribution >= 4 is 10.1 Å². The molecule has 0 bridgehead atoms. The highest BCUT2D eigenvalue weighted by atomic mass is 32.2. The third kappa shape index (κ3) is 4.01. The lowest BCUT2D eigenvalue weighted by Gasteiger charge is -2.29. The molecule has 0 N–H and O–H groups in total. The second kappa shape index (κ2) is 6.00. The van der Waals surface area contributed by atoms with E-state index >= 15 is 0 Å². The second-order valence-corrected chi connectivity index (χ2v) is 6.11. The van der Waals surface area contributed by atoms with Crippen LogP contribution in [0.1, 0.15) is 9.68 Å². The Morgan fingerprint density at radius 3 is 2.89 bits per heavy atom. The highest BCUT2D eigenvalue weighted by molar-refractivity contribution is 7.86. The Labute approximate surface area is 118 Å². The first-order valence-electron chi connectivity index (χ1n) is 7.51. The van der Waals surface area contributed by atoms with E-state index in [1.54, 1.807) is 12.1 Å². The van der Waals surface area contributed by atoms with Crippen LogP contribution < -0.4 is 0 Å². The number of benzene rings is 1. The molecule has 0 aromatic heterocycles. The Bertz CT molecular complexity index is 601. The molecule has 1 aliphatic heterocycles. The molecule has 1 aliphatic rings. The quantitative estimate of drug-likeness (QED) is 0.775. The summed E-state index contributed by atoms with van der Waals surface area (Å²) in [7, 11) is -3.87. The summed E-state index contributed by atoms with van der Waals surface area (Å²) in [4.78, 5) is 1.35. The van der Waals surface area contributed by atoms with Gasteiger partial charge in [0, 0.05) is 17.2 Å². The van der Waals surface area contributed by atoms with Crippen LogP contribution in [0.15, 0.2) is 29.2 Å². The van der Waals surface area contributed by atoms with Crippen LogP contribution in [0.25, 0.3) is 0 Å². The van der Waals surface area contributed by atoms with E-state index in [0.29, 0.717) is 0 Å². The molecule has 0 aliphatic carbocycles. The molecule has 0 amide bonds. The Balaban J connectivity index is 1.96. The van der Waals surface area contributed by atoms with Crippen molar-refractivity contribution in [2.75, 3.05) is 33.3 Å². The molecule has 1 fully saturated rings. The summed E-state index contributed by atoms with van der Waals surface area (Å²) in [5.41, 5.74) is 0.947. The van der Waals surface area contributed by atoms with Gasteiger partial charge in [-0.3, -0.25) is 4.18 Å². The van der Waals surface area contributed by atoms with Gasteiger partial charge in [-0.2, -0.15) is 8.42 Å². The highest BCUT2D eigenvalue weighted by Crippen LogP contribution is 2.14. The normalized spacial score (nSPS) is 24.5. The van der Waals surface area contributed by atoms with Gasteiger partial charge in [0.25, 0.3) is 10.1 Å². The SMILES string of the molecule is [2H]C([2H])([2H])N1CCO[C@@H](COS(=O)(=O)c2ccc(C)cc2)C1. The van der Waals surface area contributed by atoms with E-state index in [2.05, 4.69) is 0 Å². The van der Waals surface area contributed by atoms with E-state index in [0.717, 1.165) is 5.56 Å². The van der Waals surface area contributed by atoms with E-state index < -0.39 is 23.2 Å². The fourth-order valence-corrected chi connectivity index (χ4v) is 2.70. The van der Waals surface area contributed by atoms with Crippen molar-refractivity contribution in [3.05, 3.63) is 29.8 Å². The van der Waals surface area contributed by atoms with Crippen molar-refractivity contribution in [3.63, 3.8) is 0 Å². The van der Waals surface area contributed by atoms with Gasteiger partial charge in [-0.1, -0.05) is 17.7 Å². The van der Waals surface area contributed by atoms with Gasteiger partial charge in [-0.15, -0.1) is 0 Å². The summed E-state index contributed by atoms with van der Waals surface area (Å²) in [6.07, 6.45) is -0.589. The van der Waals surface area contributed by atoms with Gasteiger partial charge in [-0.05, 0) is 26.0 Å². The molecule has 0 spiro atoms. The number of likely N-dealkylation sites (N-methyl/N-ethyl adjacent to an activating group) is 1. The molecule has 106 valence electrons. The number of nitrogens with zero attached hydrogens (tertiary/aromatic N) is 1. The van der Waals surface area contributed by atoms with Gasteiger partial charge >= 0.3 is 0 Å². The first-order chi connectivity index (χ1) is 10.2. The molecule has 1 aromatic rings. The molecule has 1 saturated heterocycles. The molecule has 0 saturated carbocycles. The topological polar surface area (TPSA) is 55.8 Å². The lowest BCUT2D eigenvalue weighted by molar-refractivity contribution is -0.0393. The number of hydrogen-bond donors (Lipinski definition) is 0. The maximum absolute atomic E-state index is 12.1. The van der Waals surface area contributed by atoms with E-state index in [4.69, 9.17) is 13.0 Å². The first-order valence-corrected chi connectivity index (χ1v) is 7.42. The van der Waals surface area contributed by atoms with E-state index in [9.17, 15) is 8.42 Å². The van der Waals surface area contributed by atoms with E-state index in [-0.39, 0.29) is 31.2 Å². The summed E-state index contributed by atoms with van der Waals surface area (Å²) >= 11 is 0. The summed E-state index contributed by atoms with van der Waals surface area (Å²) in [6.45, 7) is 0.0752. The molecule has 1 heterocycles. The van der Waals surface area contributed by atoms with Gasteiger partial charge in [0.2, 0.25) is 0 Å². The zero-order valence-electron chi connectivity index (χ0n) is 13.7. The van der Waals surface area contributed by atoms with Crippen LogP contribution in [-0.4, -0.2) is 52.7 Å². The molecule has 5 nitrogen and oxygen atoms in total. The first kappa shape index (κ1) is 10.8. The Kier molecular flexibility index (Phi) is 3.41. The van der Waals surface area contributed by atoms with Gasteiger partial charge in [0.15, 0.2) is 0 Å². The van der Waals surface area contributed by atoms with Crippen LogP contribution in [0.3, 0.4) is 0 Å². The molecule has 6 heteroatoms. The third-order valence-corrected chi connectivity index (χ3v) is 4.15. The van der Waals surface area contributed by atoms with Crippen LogP contribution in [0, 0.1) is 6.92 Å². The Morgan fingerprint density at radius 2 is 2.21 bits per heavy atom. The van der Waals surface area contributed by atoms with E-state index in [1.165, 1.54) is 17.0 Å². The average molecular weight is 288 g/mol. The van der Waals surface area contributed by atoms with Crippen LogP contribution in [0.5, 0.6) is 0 Å². The summed E-state index contributed by atoms with van der Waals surface area (Å²) < 4.78 is 56.6. The van der Waals surface area contributed by atoms with Crippen LogP contribution in [0.4, 0.5) is 0 Å². The van der Waals surface area contributed by atoms with Crippen LogP contribution >= 0.6 is 0 Å². The lowest BCUT2D eigenvalue weighted by atomic mass is 10.2. The third-order valence-electron chi connectivity index (χ3n) is 2.86. The number of morpholine rings is 1. The van der Waals surface area contributed by atoms with Gasteiger partial charge in [0.05, 0.1) is 24.2 Å². The number of aryl methyl sites for hydroxylation is 1. The minimum absolute atomic E-state index is 0.0709. The maximum atomic E-state index is 12.1. The average Bonchev–Trinajstić information content (AvgIpc) is 2.45. The van der Waals surface area contributed by atoms with E-state index in [1.807, 2.05) is 6.92 Å². The number of hydrogen-bond acceptors (Lipinski definition) is 5. The molecule has 19 heavy (non-hydrogen) atoms. The molecule has 2 rings (SSSR count). The largest absolute Gasteiger partial charge is 0.373 e. The standard InChI is InChI=1S/C13H19NO4S/c1-11-3-5-13(6-4-11)19(15,16)18-10-12-9-14(2)7-8-17-12/h3-6,12H,7-10H2,1-2H3/t12-/m1/s1/i2D3. The predicted octanol–water partition coefficient (Wildman–Crippen LogP) is 1.03. The molecule has 0 radical (unpaired) electrons. The van der Waals surface area contributed by atoms with Gasteiger partial charge < -0.3 is 9.64 Å². The van der Waals surface area contributed by atoms with Crippen molar-refractivity contribution in [2.24, 2.45) is 0 Å². The van der Waals surface area contributed by atoms with Crippen molar-refractivity contribution in [2.45, 2.75) is 17.9 Å². The van der Waals surface area contributed by atoms with Crippen molar-refractivity contribution in [3.8, 4) is 0 Å². The second-order valence-electron chi connectivity index (χ2n) is 4.49. The summed E-state index contributed by atoms with van der Waals surface area (Å²) in [5, 5.41) is 0. The predicted molar refractivity (Wildman–Crippen MR) is 71.6 cm³/mol. The van der Waals surface area contributed by atoms with Gasteiger partial charge in [0.1, 0.15) is 0 Å². The van der Waals surface area contributed by atoms with Gasteiger partial charge in [-0.25, -0.2) is 0 Å². The summed E-state index contributed by atoms with van der Waals surface area (Å²) in [5.74, 6) is 0. The molecule has 1 aromatic carbocycles. The highest BCUT2D eigenvalue weighted by Gasteiger charge is 2.22. The molecule has 1 atom stereocenters. The summed E-state index contributed by atoms with van der Waals surface area (Å²) in [6, 6.07) is 6.32. The Hall–Kier alpha value is -0.950. The number of ether oxygens (including phenoxy) is 1. The van der Waals surface area contributed by atoms with Crippen molar-refractivity contribution in [1.29, 1.82) is 0 Å². The molecular formula is C13H19NO4S. The molecular weight excluding hydrogens is 266 g/mol. The number of rotatable bonds is 4. The maximum Gasteiger partial charge on any atom is 0.297 e. The monoisotopic (exact) mass is 288 g/mol. The lowest BCUT2D eigenvalue weighted by Crippen LogP contribution is -2.42. The fraction of sp³-hybridized carbons (Fsp3) is 0.538. The Morgan fingerprint density at radius 1 is 1.47 bits per heavy atom. The van der Waals surface area contributed by atoms with Crippen molar-refractivity contribution < 1.29 is 21.5 Å². The zero-order chi connectivity index (χ0) is 16.4. The minimum atomic E-state index is -3.87. The zero-order valence-corrected chi connectivity index (χ0v) is 11.5. The fourth-order valence-electron chi connectivity index (χ4n) is 1.76. The van der Waals surface area contributed by atoms with Crippen molar-refractivity contribution in [1.82, 2.24) is 4.90 Å². The molecule has 0 unspecified atom stereocenters. The van der Waals surface area contributed by atoms with Crippen LogP contribution in [-0.2, 0) is 19.0 Å². The minimum Gasteiger partial charge on any atom is -0.373 e.